The number of methoxy groups -OCH3 is 1. The van der Waals surface area contributed by atoms with E-state index >= 15 is 0 Å². The summed E-state index contributed by atoms with van der Waals surface area (Å²) in [6, 6.07) is 12.6. The molecule has 106 valence electrons. The summed E-state index contributed by atoms with van der Waals surface area (Å²) in [6.45, 7) is 1.98. The summed E-state index contributed by atoms with van der Waals surface area (Å²) >= 11 is 5.86. The minimum atomic E-state index is -0.0741. The fourth-order valence-electron chi connectivity index (χ4n) is 2.40. The van der Waals surface area contributed by atoms with Crippen LogP contribution in [0.15, 0.2) is 48.7 Å². The smallest absolute Gasteiger partial charge is 0.262 e. The maximum absolute atomic E-state index is 12.6. The lowest BCUT2D eigenvalue weighted by atomic mass is 10.2. The second-order valence-corrected chi connectivity index (χ2v) is 5.31. The predicted molar refractivity (Wildman–Crippen MR) is 84.4 cm³/mol. The van der Waals surface area contributed by atoms with E-state index in [1.165, 1.54) is 0 Å². The monoisotopic (exact) mass is 299 g/mol. The quantitative estimate of drug-likeness (QED) is 0.706. The topological polar surface area (TPSA) is 31.2 Å². The van der Waals surface area contributed by atoms with Crippen LogP contribution in [-0.2, 0) is 0 Å². The maximum atomic E-state index is 12.6. The SMILES string of the molecule is COc1ccc2c(c1)c(C)cn2C(=O)c1ccc(Cl)cc1. The number of carbonyl (C=O) groups is 1. The molecule has 3 nitrogen and oxygen atoms in total. The van der Waals surface area contributed by atoms with E-state index in [9.17, 15) is 4.79 Å². The van der Waals surface area contributed by atoms with E-state index in [2.05, 4.69) is 0 Å². The molecule has 0 fully saturated rings. The average Bonchev–Trinajstić information content (AvgIpc) is 2.84. The van der Waals surface area contributed by atoms with Crippen molar-refractivity contribution in [2.75, 3.05) is 7.11 Å². The zero-order valence-corrected chi connectivity index (χ0v) is 12.5. The Morgan fingerprint density at radius 3 is 2.52 bits per heavy atom. The molecule has 3 aromatic rings. The van der Waals surface area contributed by atoms with Gasteiger partial charge in [-0.1, -0.05) is 11.6 Å². The fourth-order valence-corrected chi connectivity index (χ4v) is 2.53. The van der Waals surface area contributed by atoms with Crippen molar-refractivity contribution in [3.8, 4) is 5.75 Å². The number of aryl methyl sites for hydroxylation is 1. The van der Waals surface area contributed by atoms with E-state index in [1.807, 2.05) is 31.3 Å². The van der Waals surface area contributed by atoms with Gasteiger partial charge in [0.15, 0.2) is 0 Å². The van der Waals surface area contributed by atoms with Crippen LogP contribution in [0.25, 0.3) is 10.9 Å². The van der Waals surface area contributed by atoms with Gasteiger partial charge in [0.25, 0.3) is 5.91 Å². The van der Waals surface area contributed by atoms with Gasteiger partial charge in [-0.2, -0.15) is 0 Å². The molecule has 0 unspecified atom stereocenters. The van der Waals surface area contributed by atoms with Crippen LogP contribution < -0.4 is 4.74 Å². The Morgan fingerprint density at radius 2 is 1.86 bits per heavy atom. The number of hydrogen-bond acceptors (Lipinski definition) is 2. The standard InChI is InChI=1S/C17H14ClNO2/c1-11-10-19(16-8-7-14(21-2)9-15(11)16)17(20)12-3-5-13(18)6-4-12/h3-10H,1-2H3. The van der Waals surface area contributed by atoms with Gasteiger partial charge in [0.05, 0.1) is 12.6 Å². The molecule has 0 amide bonds. The Kier molecular flexibility index (Phi) is 3.43. The first-order valence-corrected chi connectivity index (χ1v) is 6.94. The van der Waals surface area contributed by atoms with E-state index in [0.29, 0.717) is 10.6 Å². The Hall–Kier alpha value is -2.26. The van der Waals surface area contributed by atoms with E-state index in [4.69, 9.17) is 16.3 Å². The van der Waals surface area contributed by atoms with E-state index in [-0.39, 0.29) is 5.91 Å². The number of benzene rings is 2. The molecule has 1 heterocycles. The van der Waals surface area contributed by atoms with Crippen LogP contribution in [0.4, 0.5) is 0 Å². The maximum Gasteiger partial charge on any atom is 0.262 e. The lowest BCUT2D eigenvalue weighted by Crippen LogP contribution is -2.10. The molecule has 0 N–H and O–H groups in total. The molecular formula is C17H14ClNO2. The first-order valence-electron chi connectivity index (χ1n) is 6.56. The normalized spacial score (nSPS) is 10.8. The summed E-state index contributed by atoms with van der Waals surface area (Å²) in [6.07, 6.45) is 1.85. The van der Waals surface area contributed by atoms with Crippen molar-refractivity contribution in [1.29, 1.82) is 0 Å². The van der Waals surface area contributed by atoms with Gasteiger partial charge in [-0.3, -0.25) is 9.36 Å². The molecule has 0 bridgehead atoms. The predicted octanol–water partition coefficient (Wildman–Crippen LogP) is 4.30. The zero-order chi connectivity index (χ0) is 15.0. The van der Waals surface area contributed by atoms with Gasteiger partial charge in [-0.15, -0.1) is 0 Å². The summed E-state index contributed by atoms with van der Waals surface area (Å²) in [4.78, 5) is 12.6. The molecule has 0 saturated heterocycles. The third kappa shape index (κ3) is 2.41. The third-order valence-corrected chi connectivity index (χ3v) is 3.77. The minimum absolute atomic E-state index is 0.0741. The van der Waals surface area contributed by atoms with Gasteiger partial charge < -0.3 is 4.74 Å². The van der Waals surface area contributed by atoms with Crippen molar-refractivity contribution >= 4 is 28.4 Å². The van der Waals surface area contributed by atoms with Crippen molar-refractivity contribution in [1.82, 2.24) is 4.57 Å². The van der Waals surface area contributed by atoms with Crippen LogP contribution in [0.5, 0.6) is 5.75 Å². The van der Waals surface area contributed by atoms with Crippen LogP contribution in [0.2, 0.25) is 5.02 Å². The van der Waals surface area contributed by atoms with Gasteiger partial charge in [0.1, 0.15) is 5.75 Å². The van der Waals surface area contributed by atoms with Gasteiger partial charge in [-0.05, 0) is 55.0 Å². The van der Waals surface area contributed by atoms with Crippen LogP contribution in [0.1, 0.15) is 15.9 Å². The molecule has 0 atom stereocenters. The van der Waals surface area contributed by atoms with Crippen molar-refractivity contribution in [3.05, 3.63) is 64.8 Å². The molecule has 2 aromatic carbocycles. The molecule has 0 aliphatic carbocycles. The summed E-state index contributed by atoms with van der Waals surface area (Å²) in [7, 11) is 1.63. The fraction of sp³-hybridized carbons (Fsp3) is 0.118. The summed E-state index contributed by atoms with van der Waals surface area (Å²) in [5.41, 5.74) is 2.51. The van der Waals surface area contributed by atoms with Gasteiger partial charge in [-0.25, -0.2) is 0 Å². The summed E-state index contributed by atoms with van der Waals surface area (Å²) in [5, 5.41) is 1.63. The number of fused-ring (bicyclic) bond motifs is 1. The van der Waals surface area contributed by atoms with Gasteiger partial charge in [0.2, 0.25) is 0 Å². The molecule has 0 aliphatic heterocycles. The van der Waals surface area contributed by atoms with Crippen LogP contribution >= 0.6 is 11.6 Å². The summed E-state index contributed by atoms with van der Waals surface area (Å²) in [5.74, 6) is 0.706. The number of aromatic nitrogens is 1. The van der Waals surface area contributed by atoms with Crippen molar-refractivity contribution in [3.63, 3.8) is 0 Å². The Balaban J connectivity index is 2.12. The number of halogens is 1. The van der Waals surface area contributed by atoms with Crippen molar-refractivity contribution in [2.45, 2.75) is 6.92 Å². The lowest BCUT2D eigenvalue weighted by Gasteiger charge is -2.05. The number of carbonyl (C=O) groups excluding carboxylic acids is 1. The number of rotatable bonds is 2. The molecule has 3 rings (SSSR count). The largest absolute Gasteiger partial charge is 0.497 e. The third-order valence-electron chi connectivity index (χ3n) is 3.52. The number of hydrogen-bond donors (Lipinski definition) is 0. The highest BCUT2D eigenvalue weighted by atomic mass is 35.5. The zero-order valence-electron chi connectivity index (χ0n) is 11.8. The molecule has 4 heteroatoms. The minimum Gasteiger partial charge on any atom is -0.497 e. The molecule has 0 spiro atoms. The molecule has 0 aliphatic rings. The summed E-state index contributed by atoms with van der Waals surface area (Å²) < 4.78 is 6.90. The van der Waals surface area contributed by atoms with Crippen LogP contribution in [0, 0.1) is 6.92 Å². The van der Waals surface area contributed by atoms with Crippen molar-refractivity contribution < 1.29 is 9.53 Å². The molecule has 0 radical (unpaired) electrons. The first kappa shape index (κ1) is 13.7. The Bertz CT molecular complexity index is 819. The van der Waals surface area contributed by atoms with Gasteiger partial charge >= 0.3 is 0 Å². The molecule has 21 heavy (non-hydrogen) atoms. The van der Waals surface area contributed by atoms with E-state index in [0.717, 1.165) is 22.2 Å². The second kappa shape index (κ2) is 5.26. The molecule has 1 aromatic heterocycles. The van der Waals surface area contributed by atoms with Crippen LogP contribution in [0.3, 0.4) is 0 Å². The molecule has 0 saturated carbocycles. The number of ether oxygens (including phenoxy) is 1. The van der Waals surface area contributed by atoms with Crippen molar-refractivity contribution in [2.24, 2.45) is 0 Å². The average molecular weight is 300 g/mol. The highest BCUT2D eigenvalue weighted by Crippen LogP contribution is 2.26. The van der Waals surface area contributed by atoms with Crippen LogP contribution in [-0.4, -0.2) is 17.6 Å². The van der Waals surface area contributed by atoms with E-state index < -0.39 is 0 Å². The second-order valence-electron chi connectivity index (χ2n) is 4.88. The number of nitrogens with zero attached hydrogens (tertiary/aromatic N) is 1. The Morgan fingerprint density at radius 1 is 1.14 bits per heavy atom. The highest BCUT2D eigenvalue weighted by Gasteiger charge is 2.14. The molecular weight excluding hydrogens is 286 g/mol. The van der Waals surface area contributed by atoms with E-state index in [1.54, 1.807) is 35.9 Å². The van der Waals surface area contributed by atoms with Gasteiger partial charge in [0, 0.05) is 22.2 Å². The lowest BCUT2D eigenvalue weighted by molar-refractivity contribution is 0.0965. The Labute approximate surface area is 127 Å². The first-order chi connectivity index (χ1) is 10.1. The highest BCUT2D eigenvalue weighted by molar-refractivity contribution is 6.30.